The van der Waals surface area contributed by atoms with Crippen LogP contribution < -0.4 is 4.46 Å². The summed E-state index contributed by atoms with van der Waals surface area (Å²) in [5.74, 6) is 0.0215. The summed E-state index contributed by atoms with van der Waals surface area (Å²) in [5.41, 5.74) is -0.141. The van der Waals surface area contributed by atoms with E-state index in [1.807, 2.05) is 6.07 Å². The number of carbonyl (C=O) groups excluding carboxylic acids is 1. The molecule has 1 unspecified atom stereocenters. The molecule has 1 atom stereocenters. The molecule has 1 aromatic rings. The van der Waals surface area contributed by atoms with Crippen molar-refractivity contribution in [2.45, 2.75) is 48.9 Å². The van der Waals surface area contributed by atoms with Crippen LogP contribution in [0.2, 0.25) is 4.31 Å². The van der Waals surface area contributed by atoms with Gasteiger partial charge in [0.15, 0.2) is 0 Å². The molecule has 2 aliphatic rings. The van der Waals surface area contributed by atoms with Gasteiger partial charge in [0, 0.05) is 0 Å². The molecule has 0 amide bonds. The van der Waals surface area contributed by atoms with Crippen LogP contribution >= 0.6 is 0 Å². The molecule has 1 spiro atoms. The Hall–Kier alpha value is -0.791. The van der Waals surface area contributed by atoms with Crippen molar-refractivity contribution >= 4 is 25.4 Å². The Morgan fingerprint density at radius 3 is 2.39 bits per heavy atom. The number of ether oxygens (including phenoxy) is 1. The molecule has 0 bridgehead atoms. The summed E-state index contributed by atoms with van der Waals surface area (Å²) in [7, 11) is 0. The first-order valence-corrected chi connectivity index (χ1v) is 8.35. The topological polar surface area (TPSA) is 26.3 Å². The number of benzene rings is 1. The van der Waals surface area contributed by atoms with E-state index in [0.717, 1.165) is 12.8 Å². The predicted octanol–water partition coefficient (Wildman–Crippen LogP) is 2.45. The Morgan fingerprint density at radius 1 is 1.11 bits per heavy atom. The number of hydrogen-bond donors (Lipinski definition) is 0. The first kappa shape index (κ1) is 12.3. The van der Waals surface area contributed by atoms with Gasteiger partial charge in [-0.25, -0.2) is 0 Å². The Morgan fingerprint density at radius 2 is 1.78 bits per heavy atom. The predicted molar refractivity (Wildman–Crippen MR) is 72.1 cm³/mol. The standard InChI is InChI=1S/C15H18O2Se/c1-14(18-12-8-4-2-5-9-12)13(16)17-15(14)10-6-3-7-11-15/h2,4-5,8-9H,3,6-7,10-11H2,1H3. The van der Waals surface area contributed by atoms with Crippen LogP contribution in [-0.2, 0) is 9.53 Å². The van der Waals surface area contributed by atoms with Gasteiger partial charge in [-0.2, -0.15) is 0 Å². The molecule has 1 saturated carbocycles. The summed E-state index contributed by atoms with van der Waals surface area (Å²) in [6, 6.07) is 10.4. The van der Waals surface area contributed by atoms with Gasteiger partial charge in [0.25, 0.3) is 0 Å². The van der Waals surface area contributed by atoms with Gasteiger partial charge in [0.05, 0.1) is 0 Å². The molecular formula is C15H18O2Se. The Kier molecular flexibility index (Phi) is 2.99. The SMILES string of the molecule is CC1([Se]c2ccccc2)C(=O)OC12CCCCC2. The van der Waals surface area contributed by atoms with E-state index in [0.29, 0.717) is 0 Å². The second kappa shape index (κ2) is 4.39. The molecule has 96 valence electrons. The monoisotopic (exact) mass is 310 g/mol. The summed E-state index contributed by atoms with van der Waals surface area (Å²) in [6.07, 6.45) is 5.81. The fraction of sp³-hybridized carbons (Fsp3) is 0.533. The quantitative estimate of drug-likeness (QED) is 0.620. The normalized spacial score (nSPS) is 29.7. The summed E-state index contributed by atoms with van der Waals surface area (Å²) >= 11 is 0.168. The van der Waals surface area contributed by atoms with Crippen molar-refractivity contribution in [1.29, 1.82) is 0 Å². The average Bonchev–Trinajstić information content (AvgIpc) is 2.41. The fourth-order valence-electron chi connectivity index (χ4n) is 3.07. The molecule has 2 nitrogen and oxygen atoms in total. The Balaban J connectivity index is 1.85. The molecule has 2 fully saturated rings. The summed E-state index contributed by atoms with van der Waals surface area (Å²) < 4.78 is 6.68. The van der Waals surface area contributed by atoms with Crippen LogP contribution in [0.25, 0.3) is 0 Å². The zero-order valence-electron chi connectivity index (χ0n) is 10.6. The Labute approximate surface area is 114 Å². The molecule has 1 heterocycles. The summed E-state index contributed by atoms with van der Waals surface area (Å²) in [4.78, 5) is 12.0. The zero-order chi connectivity index (χ0) is 12.6. The van der Waals surface area contributed by atoms with E-state index in [-0.39, 0.29) is 30.8 Å². The summed E-state index contributed by atoms with van der Waals surface area (Å²) in [6.45, 7) is 2.12. The van der Waals surface area contributed by atoms with E-state index in [4.69, 9.17) is 4.74 Å². The third kappa shape index (κ3) is 1.72. The van der Waals surface area contributed by atoms with Crippen LogP contribution in [0.3, 0.4) is 0 Å². The van der Waals surface area contributed by atoms with Crippen molar-refractivity contribution in [3.8, 4) is 0 Å². The zero-order valence-corrected chi connectivity index (χ0v) is 12.4. The Bertz CT molecular complexity index is 451. The molecular weight excluding hydrogens is 291 g/mol. The number of carbonyl (C=O) groups is 1. The van der Waals surface area contributed by atoms with E-state index < -0.39 is 0 Å². The van der Waals surface area contributed by atoms with E-state index in [2.05, 4.69) is 31.2 Å². The van der Waals surface area contributed by atoms with Crippen LogP contribution in [0.15, 0.2) is 30.3 Å². The molecule has 18 heavy (non-hydrogen) atoms. The maximum atomic E-state index is 12.0. The van der Waals surface area contributed by atoms with Gasteiger partial charge in [0.2, 0.25) is 0 Å². The molecule has 1 aromatic carbocycles. The van der Waals surface area contributed by atoms with Crippen LogP contribution in [0.1, 0.15) is 39.0 Å². The molecule has 1 aliphatic carbocycles. The van der Waals surface area contributed by atoms with E-state index in [1.165, 1.54) is 23.7 Å². The van der Waals surface area contributed by atoms with Gasteiger partial charge in [-0.15, -0.1) is 0 Å². The number of rotatable bonds is 2. The molecule has 1 aliphatic heterocycles. The van der Waals surface area contributed by atoms with E-state index in [1.54, 1.807) is 0 Å². The van der Waals surface area contributed by atoms with Crippen molar-refractivity contribution in [3.63, 3.8) is 0 Å². The van der Waals surface area contributed by atoms with Crippen LogP contribution in [-0.4, -0.2) is 26.5 Å². The fourth-order valence-corrected chi connectivity index (χ4v) is 5.85. The minimum absolute atomic E-state index is 0.0215. The minimum atomic E-state index is -0.248. The van der Waals surface area contributed by atoms with Crippen LogP contribution in [0.4, 0.5) is 0 Å². The van der Waals surface area contributed by atoms with E-state index in [9.17, 15) is 4.79 Å². The van der Waals surface area contributed by atoms with Crippen LogP contribution in [0.5, 0.6) is 0 Å². The summed E-state index contributed by atoms with van der Waals surface area (Å²) in [5, 5.41) is 0. The number of esters is 1. The van der Waals surface area contributed by atoms with Gasteiger partial charge in [-0.3, -0.25) is 0 Å². The van der Waals surface area contributed by atoms with Gasteiger partial charge >= 0.3 is 114 Å². The van der Waals surface area contributed by atoms with Gasteiger partial charge in [0.1, 0.15) is 0 Å². The first-order valence-electron chi connectivity index (χ1n) is 6.64. The van der Waals surface area contributed by atoms with Crippen molar-refractivity contribution in [3.05, 3.63) is 30.3 Å². The second-order valence-electron chi connectivity index (χ2n) is 5.39. The van der Waals surface area contributed by atoms with Gasteiger partial charge in [-0.1, -0.05) is 0 Å². The number of hydrogen-bond acceptors (Lipinski definition) is 2. The van der Waals surface area contributed by atoms with Crippen LogP contribution in [0, 0.1) is 0 Å². The molecule has 3 heteroatoms. The van der Waals surface area contributed by atoms with Crippen molar-refractivity contribution in [2.24, 2.45) is 0 Å². The van der Waals surface area contributed by atoms with Crippen molar-refractivity contribution < 1.29 is 9.53 Å². The van der Waals surface area contributed by atoms with E-state index >= 15 is 0 Å². The van der Waals surface area contributed by atoms with Crippen molar-refractivity contribution in [2.75, 3.05) is 0 Å². The molecule has 0 aromatic heterocycles. The maximum absolute atomic E-state index is 12.0. The average molecular weight is 309 g/mol. The molecule has 0 radical (unpaired) electrons. The third-order valence-corrected chi connectivity index (χ3v) is 7.33. The molecule has 3 rings (SSSR count). The molecule has 0 N–H and O–H groups in total. The van der Waals surface area contributed by atoms with Gasteiger partial charge in [-0.05, 0) is 0 Å². The van der Waals surface area contributed by atoms with Crippen molar-refractivity contribution in [1.82, 2.24) is 0 Å². The molecule has 1 saturated heterocycles. The second-order valence-corrected chi connectivity index (χ2v) is 8.52. The van der Waals surface area contributed by atoms with Gasteiger partial charge < -0.3 is 0 Å². The third-order valence-electron chi connectivity index (χ3n) is 4.27. The first-order chi connectivity index (χ1) is 8.66.